The molecule has 15 heavy (non-hydrogen) atoms. The fraction of sp³-hybridized carbons (Fsp3) is 0.600. The maximum Gasteiger partial charge on any atom is 0.224 e. The summed E-state index contributed by atoms with van der Waals surface area (Å²) in [4.78, 5) is 8.52. The molecule has 0 amide bonds. The largest absolute Gasteiger partial charge is 0.367 e. The second-order valence-electron chi connectivity index (χ2n) is 3.37. The Morgan fingerprint density at radius 2 is 2.20 bits per heavy atom. The first-order chi connectivity index (χ1) is 7.17. The van der Waals surface area contributed by atoms with E-state index in [9.17, 15) is 0 Å². The molecule has 2 N–H and O–H groups in total. The van der Waals surface area contributed by atoms with Crippen molar-refractivity contribution in [1.29, 1.82) is 0 Å². The molecule has 0 aliphatic heterocycles. The normalized spacial score (nSPS) is 12.3. The molecule has 1 aromatic heterocycles. The fourth-order valence-electron chi connectivity index (χ4n) is 1.05. The Morgan fingerprint density at radius 3 is 2.80 bits per heavy atom. The highest BCUT2D eigenvalue weighted by Crippen LogP contribution is 2.21. The van der Waals surface area contributed by atoms with Crippen LogP contribution in [-0.4, -0.2) is 22.6 Å². The molecule has 0 aliphatic rings. The quantitative estimate of drug-likeness (QED) is 0.866. The number of anilines is 2. The summed E-state index contributed by atoms with van der Waals surface area (Å²) in [5.41, 5.74) is 0. The molecule has 1 aromatic rings. The third kappa shape index (κ3) is 3.66. The molecule has 4 nitrogen and oxygen atoms in total. The number of nitrogens with zero attached hydrogens (tertiary/aromatic N) is 2. The van der Waals surface area contributed by atoms with Gasteiger partial charge >= 0.3 is 0 Å². The van der Waals surface area contributed by atoms with Gasteiger partial charge in [-0.2, -0.15) is 4.98 Å². The first-order valence-corrected chi connectivity index (χ1v) is 5.99. The van der Waals surface area contributed by atoms with E-state index in [1.807, 2.05) is 6.92 Å². The van der Waals surface area contributed by atoms with Crippen LogP contribution in [0.4, 0.5) is 11.8 Å². The van der Waals surface area contributed by atoms with E-state index in [4.69, 9.17) is 0 Å². The minimum Gasteiger partial charge on any atom is -0.367 e. The Morgan fingerprint density at radius 1 is 1.47 bits per heavy atom. The molecule has 0 saturated carbocycles. The van der Waals surface area contributed by atoms with Crippen molar-refractivity contribution in [3.05, 3.63) is 10.7 Å². The van der Waals surface area contributed by atoms with Gasteiger partial charge in [-0.25, -0.2) is 4.98 Å². The van der Waals surface area contributed by atoms with E-state index < -0.39 is 0 Å². The smallest absolute Gasteiger partial charge is 0.224 e. The molecule has 0 aliphatic carbocycles. The first-order valence-electron chi connectivity index (χ1n) is 5.20. The molecule has 0 saturated heterocycles. The van der Waals surface area contributed by atoms with Gasteiger partial charge in [0, 0.05) is 18.8 Å². The summed E-state index contributed by atoms with van der Waals surface area (Å²) in [5.74, 6) is 1.50. The third-order valence-electron chi connectivity index (χ3n) is 2.07. The second-order valence-corrected chi connectivity index (χ2v) is 4.23. The van der Waals surface area contributed by atoms with Crippen LogP contribution in [0, 0.1) is 0 Å². The van der Waals surface area contributed by atoms with Crippen LogP contribution in [0.5, 0.6) is 0 Å². The highest BCUT2D eigenvalue weighted by Gasteiger charge is 2.06. The van der Waals surface area contributed by atoms with E-state index in [2.05, 4.69) is 50.4 Å². The molecule has 1 unspecified atom stereocenters. The molecule has 0 spiro atoms. The van der Waals surface area contributed by atoms with Gasteiger partial charge in [0.05, 0.1) is 4.47 Å². The van der Waals surface area contributed by atoms with Gasteiger partial charge in [0.15, 0.2) is 0 Å². The van der Waals surface area contributed by atoms with Crippen LogP contribution >= 0.6 is 15.9 Å². The highest BCUT2D eigenvalue weighted by molar-refractivity contribution is 9.10. The lowest BCUT2D eigenvalue weighted by atomic mass is 10.2. The van der Waals surface area contributed by atoms with Crippen molar-refractivity contribution in [2.45, 2.75) is 33.2 Å². The van der Waals surface area contributed by atoms with Crippen molar-refractivity contribution < 1.29 is 0 Å². The predicted octanol–water partition coefficient (Wildman–Crippen LogP) is 2.88. The molecule has 0 bridgehead atoms. The molecule has 1 heterocycles. The molecular formula is C10H17BrN4. The minimum atomic E-state index is 0.408. The van der Waals surface area contributed by atoms with Gasteiger partial charge in [-0.15, -0.1) is 0 Å². The van der Waals surface area contributed by atoms with Crippen molar-refractivity contribution in [3.63, 3.8) is 0 Å². The third-order valence-corrected chi connectivity index (χ3v) is 2.65. The van der Waals surface area contributed by atoms with E-state index in [-0.39, 0.29) is 0 Å². The maximum atomic E-state index is 4.37. The van der Waals surface area contributed by atoms with Gasteiger partial charge in [0.25, 0.3) is 0 Å². The molecule has 1 atom stereocenters. The van der Waals surface area contributed by atoms with Crippen LogP contribution in [-0.2, 0) is 0 Å². The summed E-state index contributed by atoms with van der Waals surface area (Å²) < 4.78 is 0.893. The summed E-state index contributed by atoms with van der Waals surface area (Å²) in [5, 5.41) is 6.40. The first kappa shape index (κ1) is 12.2. The van der Waals surface area contributed by atoms with Crippen LogP contribution in [0.2, 0.25) is 0 Å². The molecule has 84 valence electrons. The topological polar surface area (TPSA) is 49.8 Å². The monoisotopic (exact) mass is 272 g/mol. The van der Waals surface area contributed by atoms with Crippen molar-refractivity contribution in [1.82, 2.24) is 9.97 Å². The van der Waals surface area contributed by atoms with Gasteiger partial charge in [-0.05, 0) is 36.2 Å². The van der Waals surface area contributed by atoms with Crippen LogP contribution in [0.1, 0.15) is 27.2 Å². The van der Waals surface area contributed by atoms with Crippen molar-refractivity contribution in [2.24, 2.45) is 0 Å². The Kier molecular flexibility index (Phi) is 4.81. The predicted molar refractivity (Wildman–Crippen MR) is 67.3 cm³/mol. The average Bonchev–Trinajstić information content (AvgIpc) is 2.23. The number of halogens is 1. The zero-order valence-corrected chi connectivity index (χ0v) is 10.9. The highest BCUT2D eigenvalue weighted by atomic mass is 79.9. The lowest BCUT2D eigenvalue weighted by Crippen LogP contribution is -2.16. The van der Waals surface area contributed by atoms with E-state index in [0.29, 0.717) is 12.0 Å². The van der Waals surface area contributed by atoms with Gasteiger partial charge in [-0.1, -0.05) is 6.92 Å². The summed E-state index contributed by atoms with van der Waals surface area (Å²) in [7, 11) is 0. The summed E-state index contributed by atoms with van der Waals surface area (Å²) >= 11 is 3.42. The molecule has 0 radical (unpaired) electrons. The second kappa shape index (κ2) is 5.90. The average molecular weight is 273 g/mol. The lowest BCUT2D eigenvalue weighted by Gasteiger charge is -2.14. The standard InChI is InChI=1S/C10H17BrN4/c1-4-7(3)14-9-8(11)6-13-10(15-9)12-5-2/h6-7H,4-5H2,1-3H3,(H2,12,13,14,15). The van der Waals surface area contributed by atoms with Crippen LogP contribution in [0.3, 0.4) is 0 Å². The van der Waals surface area contributed by atoms with Gasteiger partial charge in [0.2, 0.25) is 5.95 Å². The molecule has 0 aromatic carbocycles. The Bertz CT molecular complexity index is 316. The summed E-state index contributed by atoms with van der Waals surface area (Å²) in [6.45, 7) is 7.11. The van der Waals surface area contributed by atoms with E-state index >= 15 is 0 Å². The van der Waals surface area contributed by atoms with Gasteiger partial charge in [-0.3, -0.25) is 0 Å². The molecular weight excluding hydrogens is 256 g/mol. The van der Waals surface area contributed by atoms with Crippen LogP contribution in [0.25, 0.3) is 0 Å². The maximum absolute atomic E-state index is 4.37. The van der Waals surface area contributed by atoms with E-state index in [0.717, 1.165) is 23.3 Å². The molecule has 1 rings (SSSR count). The Balaban J connectivity index is 2.80. The zero-order valence-electron chi connectivity index (χ0n) is 9.34. The van der Waals surface area contributed by atoms with Crippen molar-refractivity contribution in [3.8, 4) is 0 Å². The number of aromatic nitrogens is 2. The fourth-order valence-corrected chi connectivity index (χ4v) is 1.35. The van der Waals surface area contributed by atoms with Gasteiger partial charge < -0.3 is 10.6 Å². The number of rotatable bonds is 5. The Hall–Kier alpha value is -0.840. The van der Waals surface area contributed by atoms with E-state index in [1.54, 1.807) is 6.20 Å². The number of hydrogen-bond acceptors (Lipinski definition) is 4. The minimum absolute atomic E-state index is 0.408. The lowest BCUT2D eigenvalue weighted by molar-refractivity contribution is 0.757. The van der Waals surface area contributed by atoms with Crippen LogP contribution < -0.4 is 10.6 Å². The van der Waals surface area contributed by atoms with Crippen molar-refractivity contribution in [2.75, 3.05) is 17.2 Å². The summed E-state index contributed by atoms with van der Waals surface area (Å²) in [6.07, 6.45) is 2.82. The number of hydrogen-bond donors (Lipinski definition) is 2. The van der Waals surface area contributed by atoms with Crippen molar-refractivity contribution >= 4 is 27.7 Å². The summed E-state index contributed by atoms with van der Waals surface area (Å²) in [6, 6.07) is 0.408. The Labute approximate surface area is 99.0 Å². The molecule has 5 heteroatoms. The zero-order chi connectivity index (χ0) is 11.3. The van der Waals surface area contributed by atoms with Gasteiger partial charge in [0.1, 0.15) is 5.82 Å². The molecule has 0 fully saturated rings. The number of nitrogens with one attached hydrogen (secondary N) is 2. The van der Waals surface area contributed by atoms with E-state index in [1.165, 1.54) is 0 Å². The SMILES string of the molecule is CCNc1ncc(Br)c(NC(C)CC)n1. The van der Waals surface area contributed by atoms with Crippen LogP contribution in [0.15, 0.2) is 10.7 Å².